The molecule has 0 bridgehead atoms. The van der Waals surface area contributed by atoms with Gasteiger partial charge in [0.2, 0.25) is 11.5 Å². The van der Waals surface area contributed by atoms with E-state index in [2.05, 4.69) is 10.3 Å². The molecular weight excluding hydrogens is 393 g/mol. The Bertz CT molecular complexity index is 1090. The van der Waals surface area contributed by atoms with E-state index in [1.54, 1.807) is 56.3 Å². The topological polar surface area (TPSA) is 122 Å². The van der Waals surface area contributed by atoms with E-state index in [0.717, 1.165) is 0 Å². The summed E-state index contributed by atoms with van der Waals surface area (Å²) in [6, 6.07) is 13.9. The molecule has 1 amide bonds. The van der Waals surface area contributed by atoms with Crippen LogP contribution in [0.4, 0.5) is 0 Å². The van der Waals surface area contributed by atoms with Gasteiger partial charge in [0, 0.05) is 5.30 Å². The number of benzene rings is 2. The molecule has 3 aromatic rings. The van der Waals surface area contributed by atoms with Crippen molar-refractivity contribution in [2.24, 2.45) is 5.92 Å². The first-order valence-corrected chi connectivity index (χ1v) is 10.7. The van der Waals surface area contributed by atoms with Crippen LogP contribution in [0.5, 0.6) is 0 Å². The molecule has 1 heterocycles. The fourth-order valence-corrected chi connectivity index (χ4v) is 4.63. The lowest BCUT2D eigenvalue weighted by Gasteiger charge is -2.19. The van der Waals surface area contributed by atoms with Crippen molar-refractivity contribution in [1.82, 2.24) is 14.9 Å². The molecule has 2 atom stereocenters. The van der Waals surface area contributed by atoms with Gasteiger partial charge in [-0.25, -0.2) is 9.78 Å². The molecule has 0 fully saturated rings. The Kier molecular flexibility index (Phi) is 5.86. The van der Waals surface area contributed by atoms with Gasteiger partial charge in [0.15, 0.2) is 0 Å². The molecule has 0 radical (unpaired) electrons. The molecule has 2 unspecified atom stereocenters. The molecule has 2 aromatic carbocycles. The summed E-state index contributed by atoms with van der Waals surface area (Å²) in [5, 5.41) is 12.0. The predicted molar refractivity (Wildman–Crippen MR) is 110 cm³/mol. The Morgan fingerprint density at radius 3 is 2.34 bits per heavy atom. The number of para-hydroxylation sites is 2. The van der Waals surface area contributed by atoms with Crippen LogP contribution in [0.3, 0.4) is 0 Å². The zero-order chi connectivity index (χ0) is 21.2. The molecule has 3 rings (SSSR count). The number of nitrogens with zero attached hydrogens (tertiary/aromatic N) is 2. The van der Waals surface area contributed by atoms with Crippen molar-refractivity contribution in [3.05, 3.63) is 54.6 Å². The number of imidazole rings is 1. The zero-order valence-corrected chi connectivity index (χ0v) is 16.9. The first-order valence-electron chi connectivity index (χ1n) is 9.08. The van der Waals surface area contributed by atoms with Gasteiger partial charge in [0.1, 0.15) is 12.6 Å². The van der Waals surface area contributed by atoms with Crippen molar-refractivity contribution in [2.75, 3.05) is 0 Å². The van der Waals surface area contributed by atoms with Gasteiger partial charge in [0.05, 0.1) is 11.0 Å². The highest BCUT2D eigenvalue weighted by Crippen LogP contribution is 2.38. The first-order chi connectivity index (χ1) is 13.7. The van der Waals surface area contributed by atoms with Gasteiger partial charge in [-0.05, 0) is 30.2 Å². The summed E-state index contributed by atoms with van der Waals surface area (Å²) >= 11 is 0. The number of nitrogens with one attached hydrogen (secondary N) is 1. The second-order valence-electron chi connectivity index (χ2n) is 7.03. The molecule has 152 valence electrons. The average Bonchev–Trinajstić information content (AvgIpc) is 3.05. The third kappa shape index (κ3) is 4.23. The van der Waals surface area contributed by atoms with Crippen molar-refractivity contribution >= 4 is 41.1 Å². The van der Waals surface area contributed by atoms with E-state index in [-0.39, 0.29) is 23.3 Å². The molecule has 29 heavy (non-hydrogen) atoms. The number of hydrogen-bond acceptors (Lipinski definition) is 4. The Hall–Kier alpha value is -2.96. The lowest BCUT2D eigenvalue weighted by Crippen LogP contribution is -2.46. The van der Waals surface area contributed by atoms with Gasteiger partial charge in [-0.15, -0.1) is 0 Å². The lowest BCUT2D eigenvalue weighted by atomic mass is 10.1. The van der Waals surface area contributed by atoms with E-state index < -0.39 is 25.3 Å². The van der Waals surface area contributed by atoms with E-state index in [1.807, 2.05) is 0 Å². The van der Waals surface area contributed by atoms with E-state index >= 15 is 0 Å². The number of carboxylic acids is 1. The highest BCUT2D eigenvalue weighted by atomic mass is 31.2. The van der Waals surface area contributed by atoms with Crippen LogP contribution in [0.15, 0.2) is 54.6 Å². The van der Waals surface area contributed by atoms with Crippen LogP contribution in [0.1, 0.15) is 13.8 Å². The number of carbonyl (C=O) groups is 2. The predicted octanol–water partition coefficient (Wildman–Crippen LogP) is 1.48. The molecule has 0 aliphatic carbocycles. The van der Waals surface area contributed by atoms with Crippen molar-refractivity contribution < 1.29 is 24.2 Å². The molecule has 9 heteroatoms. The van der Waals surface area contributed by atoms with Gasteiger partial charge in [-0.2, -0.15) is 0 Å². The van der Waals surface area contributed by atoms with Gasteiger partial charge in [0.25, 0.3) is 7.37 Å². The van der Waals surface area contributed by atoms with Crippen LogP contribution in [-0.2, 0) is 20.7 Å². The number of aliphatic carboxylic acids is 1. The summed E-state index contributed by atoms with van der Waals surface area (Å²) in [6.07, 6.45) is 0. The molecule has 0 spiro atoms. The van der Waals surface area contributed by atoms with Crippen LogP contribution in [-0.4, -0.2) is 37.5 Å². The second kappa shape index (κ2) is 8.19. The second-order valence-corrected chi connectivity index (χ2v) is 9.09. The third-order valence-electron chi connectivity index (χ3n) is 4.56. The Morgan fingerprint density at radius 1 is 1.10 bits per heavy atom. The molecule has 0 saturated carbocycles. The van der Waals surface area contributed by atoms with Crippen LogP contribution in [0, 0.1) is 5.92 Å². The minimum Gasteiger partial charge on any atom is -0.480 e. The summed E-state index contributed by atoms with van der Waals surface area (Å²) in [5.74, 6) is -2.03. The Morgan fingerprint density at radius 2 is 1.72 bits per heavy atom. The minimum atomic E-state index is -4.08. The molecule has 1 aromatic heterocycles. The van der Waals surface area contributed by atoms with Crippen LogP contribution in [0.25, 0.3) is 11.0 Å². The Balaban J connectivity index is 2.03. The van der Waals surface area contributed by atoms with Crippen LogP contribution < -0.4 is 16.2 Å². The highest BCUT2D eigenvalue weighted by molar-refractivity contribution is 7.73. The molecular formula is C20H22N3O5P. The van der Waals surface area contributed by atoms with Gasteiger partial charge in [-0.3, -0.25) is 9.36 Å². The van der Waals surface area contributed by atoms with Gasteiger partial charge < -0.3 is 19.9 Å². The molecule has 3 N–H and O–H groups in total. The van der Waals surface area contributed by atoms with Crippen molar-refractivity contribution in [3.63, 3.8) is 0 Å². The maximum Gasteiger partial charge on any atom is 0.326 e. The smallest absolute Gasteiger partial charge is 0.326 e. The number of rotatable bonds is 7. The SMILES string of the molecule is CC(C)C(NC(=O)Cn1c(P(=O)(O)c2ccccc2)nc2ccccc21)C(=O)O. The summed E-state index contributed by atoms with van der Waals surface area (Å²) in [4.78, 5) is 39.2. The lowest BCUT2D eigenvalue weighted by molar-refractivity contribution is -0.143. The van der Waals surface area contributed by atoms with E-state index in [9.17, 15) is 24.2 Å². The highest BCUT2D eigenvalue weighted by Gasteiger charge is 2.32. The summed E-state index contributed by atoms with van der Waals surface area (Å²) < 4.78 is 14.6. The van der Waals surface area contributed by atoms with Gasteiger partial charge >= 0.3 is 5.97 Å². The van der Waals surface area contributed by atoms with Crippen molar-refractivity contribution in [2.45, 2.75) is 26.4 Å². The summed E-state index contributed by atoms with van der Waals surface area (Å²) in [6.45, 7) is 3.05. The first kappa shape index (κ1) is 20.8. The van der Waals surface area contributed by atoms with Crippen LogP contribution >= 0.6 is 7.37 Å². The molecule has 0 aliphatic rings. The maximum absolute atomic E-state index is 13.3. The van der Waals surface area contributed by atoms with E-state index in [0.29, 0.717) is 11.0 Å². The summed E-state index contributed by atoms with van der Waals surface area (Å²) in [5.41, 5.74) is 0.856. The fourth-order valence-electron chi connectivity index (χ4n) is 3.07. The Labute approximate surface area is 167 Å². The van der Waals surface area contributed by atoms with Crippen molar-refractivity contribution in [3.8, 4) is 0 Å². The monoisotopic (exact) mass is 415 g/mol. The summed E-state index contributed by atoms with van der Waals surface area (Å²) in [7, 11) is -4.08. The van der Waals surface area contributed by atoms with Crippen molar-refractivity contribution in [1.29, 1.82) is 0 Å². The number of carboxylic acid groups (broad SMARTS) is 1. The van der Waals surface area contributed by atoms with Gasteiger partial charge in [-0.1, -0.05) is 44.2 Å². The molecule has 8 nitrogen and oxygen atoms in total. The largest absolute Gasteiger partial charge is 0.480 e. The number of fused-ring (bicyclic) bond motifs is 1. The zero-order valence-electron chi connectivity index (χ0n) is 16.0. The number of aromatic nitrogens is 2. The number of amides is 1. The fraction of sp³-hybridized carbons (Fsp3) is 0.250. The van der Waals surface area contributed by atoms with E-state index in [4.69, 9.17) is 0 Å². The normalized spacial score (nSPS) is 14.5. The third-order valence-corrected chi connectivity index (χ3v) is 6.44. The number of carbonyl (C=O) groups excluding carboxylic acids is 1. The van der Waals surface area contributed by atoms with Crippen LogP contribution in [0.2, 0.25) is 0 Å². The molecule has 0 saturated heterocycles. The maximum atomic E-state index is 13.3. The number of hydrogen-bond donors (Lipinski definition) is 3. The standard InChI is InChI=1S/C20H22N3O5P/c1-13(2)18(19(25)26)22-17(24)12-23-16-11-7-6-10-15(16)21-20(23)29(27,28)14-8-4-3-5-9-14/h3-11,13,18H,12H2,1-2H3,(H,22,24)(H,25,26)(H,27,28). The quantitative estimate of drug-likeness (QED) is 0.503. The average molecular weight is 415 g/mol. The minimum absolute atomic E-state index is 0.128. The molecule has 0 aliphatic heterocycles. The van der Waals surface area contributed by atoms with E-state index in [1.165, 1.54) is 16.7 Å².